The number of unbranched alkanes of at least 4 members (excludes halogenated alkanes) is 13. The number of rotatable bonds is 24. The fourth-order valence-corrected chi connectivity index (χ4v) is 5.65. The number of ether oxygens (including phenoxy) is 2. The number of hydrogen-bond acceptors (Lipinski definition) is 6. The second-order valence-corrected chi connectivity index (χ2v) is 12.7. The second kappa shape index (κ2) is 20.8. The van der Waals surface area contributed by atoms with Gasteiger partial charge in [-0.1, -0.05) is 128 Å². The average Bonchev–Trinajstić information content (AvgIpc) is 2.96. The van der Waals surface area contributed by atoms with Crippen LogP contribution in [0.1, 0.15) is 122 Å². The molecular weight excluding hydrogens is 553 g/mol. The van der Waals surface area contributed by atoms with E-state index in [1.807, 2.05) is 37.3 Å². The lowest BCUT2D eigenvalue weighted by Gasteiger charge is -2.24. The molecule has 0 bridgehead atoms. The summed E-state index contributed by atoms with van der Waals surface area (Å²) in [6.07, 6.45) is 17.7. The average molecular weight is 608 g/mol. The molecule has 9 nitrogen and oxygen atoms in total. The molecular formula is C32H54N3O6P. The van der Waals surface area contributed by atoms with Crippen molar-refractivity contribution >= 4 is 13.4 Å². The van der Waals surface area contributed by atoms with Crippen molar-refractivity contribution in [2.45, 2.75) is 123 Å². The summed E-state index contributed by atoms with van der Waals surface area (Å²) in [7, 11) is -4.31. The molecule has 2 aromatic rings. The van der Waals surface area contributed by atoms with Crippen LogP contribution in [0.5, 0.6) is 0 Å². The number of aromatic nitrogens is 2. The van der Waals surface area contributed by atoms with Crippen molar-refractivity contribution in [2.24, 2.45) is 0 Å². The van der Waals surface area contributed by atoms with Crippen molar-refractivity contribution < 1.29 is 23.8 Å². The highest BCUT2D eigenvalue weighted by molar-refractivity contribution is 7.51. The molecule has 4 N–H and O–H groups in total. The Bertz CT molecular complexity index is 1110. The van der Waals surface area contributed by atoms with E-state index in [0.29, 0.717) is 24.3 Å². The van der Waals surface area contributed by atoms with E-state index in [-0.39, 0.29) is 25.1 Å². The summed E-state index contributed by atoms with van der Waals surface area (Å²) < 4.78 is 24.1. The minimum Gasteiger partial charge on any atom is -0.383 e. The molecule has 0 spiro atoms. The first kappa shape index (κ1) is 36.2. The van der Waals surface area contributed by atoms with Crippen LogP contribution in [-0.2, 0) is 20.6 Å². The highest BCUT2D eigenvalue weighted by atomic mass is 31.2. The van der Waals surface area contributed by atoms with Gasteiger partial charge in [-0.15, -0.1) is 0 Å². The SMILES string of the molecule is CCCCCCCCCCCCCCCCOC(CC)c1c(N)nc(=O)n(CCOCP(=O)(O)O)c1-c1ccccc1. The molecule has 0 aliphatic rings. The standard InChI is InChI=1S/C32H54N3O6P/c1-3-5-6-7-8-9-10-11-12-13-14-15-16-20-24-41-28(4-2)29-30(27-21-18-17-19-22-27)35(32(36)34-31(29)33)23-25-40-26-42(37,38)39/h17-19,21-22,28H,3-16,20,23-26H2,1-2H3,(H2,33,34,36)(H2,37,38,39). The van der Waals surface area contributed by atoms with E-state index >= 15 is 0 Å². The maximum Gasteiger partial charge on any atom is 0.350 e. The summed E-state index contributed by atoms with van der Waals surface area (Å²) in [5, 5.41) is 0. The molecule has 1 heterocycles. The van der Waals surface area contributed by atoms with Crippen LogP contribution in [0.4, 0.5) is 5.82 Å². The van der Waals surface area contributed by atoms with E-state index in [1.54, 1.807) is 0 Å². The molecule has 238 valence electrons. The molecule has 1 aromatic carbocycles. The van der Waals surface area contributed by atoms with Gasteiger partial charge in [-0.05, 0) is 18.4 Å². The molecule has 1 unspecified atom stereocenters. The van der Waals surface area contributed by atoms with Crippen molar-refractivity contribution in [3.05, 3.63) is 46.4 Å². The van der Waals surface area contributed by atoms with Gasteiger partial charge in [-0.2, -0.15) is 4.98 Å². The Morgan fingerprint density at radius 1 is 0.857 bits per heavy atom. The van der Waals surface area contributed by atoms with Gasteiger partial charge >= 0.3 is 13.3 Å². The van der Waals surface area contributed by atoms with Gasteiger partial charge in [0.15, 0.2) is 0 Å². The maximum absolute atomic E-state index is 12.9. The lowest BCUT2D eigenvalue weighted by Crippen LogP contribution is -2.30. The first-order chi connectivity index (χ1) is 20.3. The van der Waals surface area contributed by atoms with Crippen molar-refractivity contribution in [1.29, 1.82) is 0 Å². The van der Waals surface area contributed by atoms with Gasteiger partial charge in [0.05, 0.1) is 24.9 Å². The molecule has 1 aromatic heterocycles. The number of anilines is 1. The molecule has 0 fully saturated rings. The van der Waals surface area contributed by atoms with Crippen LogP contribution in [0.2, 0.25) is 0 Å². The Hall–Kier alpha value is -2.03. The Labute approximate surface area is 252 Å². The van der Waals surface area contributed by atoms with Gasteiger partial charge in [0.25, 0.3) is 0 Å². The maximum atomic E-state index is 12.9. The Morgan fingerprint density at radius 2 is 1.40 bits per heavy atom. The zero-order valence-electron chi connectivity index (χ0n) is 25.8. The third-order valence-corrected chi connectivity index (χ3v) is 8.04. The summed E-state index contributed by atoms with van der Waals surface area (Å²) in [4.78, 5) is 35.2. The smallest absolute Gasteiger partial charge is 0.350 e. The summed E-state index contributed by atoms with van der Waals surface area (Å²) >= 11 is 0. The molecule has 0 aliphatic heterocycles. The molecule has 0 amide bonds. The van der Waals surface area contributed by atoms with Crippen LogP contribution in [-0.4, -0.2) is 38.9 Å². The number of nitrogens with two attached hydrogens (primary N) is 1. The summed E-state index contributed by atoms with van der Waals surface area (Å²) in [5.41, 5.74) is 7.83. The highest BCUT2D eigenvalue weighted by Gasteiger charge is 2.24. The molecule has 0 saturated heterocycles. The van der Waals surface area contributed by atoms with Crippen LogP contribution in [0.15, 0.2) is 35.1 Å². The number of hydrogen-bond donors (Lipinski definition) is 3. The minimum absolute atomic E-state index is 0.0629. The number of benzene rings is 1. The Kier molecular flexibility index (Phi) is 17.9. The first-order valence-electron chi connectivity index (χ1n) is 16.0. The van der Waals surface area contributed by atoms with Gasteiger partial charge in [-0.25, -0.2) is 4.79 Å². The zero-order valence-corrected chi connectivity index (χ0v) is 26.7. The van der Waals surface area contributed by atoms with Gasteiger partial charge < -0.3 is 25.0 Å². The minimum atomic E-state index is -4.31. The van der Waals surface area contributed by atoms with Crippen LogP contribution in [0.25, 0.3) is 11.3 Å². The fourth-order valence-electron chi connectivity index (χ4n) is 5.29. The van der Waals surface area contributed by atoms with Crippen LogP contribution in [0.3, 0.4) is 0 Å². The molecule has 42 heavy (non-hydrogen) atoms. The Balaban J connectivity index is 1.89. The fraction of sp³-hybridized carbons (Fsp3) is 0.688. The van der Waals surface area contributed by atoms with Crippen molar-refractivity contribution in [3.8, 4) is 11.3 Å². The highest BCUT2D eigenvalue weighted by Crippen LogP contribution is 2.35. The predicted molar refractivity (Wildman–Crippen MR) is 171 cm³/mol. The number of nitrogens with zero attached hydrogens (tertiary/aromatic N) is 2. The second-order valence-electron chi connectivity index (χ2n) is 11.1. The molecule has 10 heteroatoms. The third kappa shape index (κ3) is 14.0. The third-order valence-electron chi connectivity index (χ3n) is 7.52. The van der Waals surface area contributed by atoms with Gasteiger partial charge in [0, 0.05) is 12.2 Å². The van der Waals surface area contributed by atoms with Crippen LogP contribution >= 0.6 is 7.60 Å². The normalized spacial score (nSPS) is 12.6. The van der Waals surface area contributed by atoms with E-state index in [2.05, 4.69) is 11.9 Å². The van der Waals surface area contributed by atoms with Crippen LogP contribution < -0.4 is 11.4 Å². The monoisotopic (exact) mass is 607 g/mol. The van der Waals surface area contributed by atoms with Crippen molar-refractivity contribution in [1.82, 2.24) is 9.55 Å². The van der Waals surface area contributed by atoms with Gasteiger partial charge in [-0.3, -0.25) is 9.13 Å². The summed E-state index contributed by atoms with van der Waals surface area (Å²) in [6, 6.07) is 9.44. The molecule has 0 radical (unpaired) electrons. The Morgan fingerprint density at radius 3 is 1.93 bits per heavy atom. The largest absolute Gasteiger partial charge is 0.383 e. The zero-order chi connectivity index (χ0) is 30.6. The molecule has 0 saturated carbocycles. The molecule has 1 atom stereocenters. The van der Waals surface area contributed by atoms with Gasteiger partial charge in [0.1, 0.15) is 12.2 Å². The van der Waals surface area contributed by atoms with Crippen molar-refractivity contribution in [3.63, 3.8) is 0 Å². The lowest BCUT2D eigenvalue weighted by molar-refractivity contribution is 0.0474. The topological polar surface area (TPSA) is 137 Å². The quantitative estimate of drug-likeness (QED) is 0.0820. The van der Waals surface area contributed by atoms with Crippen molar-refractivity contribution in [2.75, 3.05) is 25.3 Å². The van der Waals surface area contributed by atoms with E-state index in [9.17, 15) is 9.36 Å². The van der Waals surface area contributed by atoms with E-state index in [0.717, 1.165) is 18.4 Å². The predicted octanol–water partition coefficient (Wildman–Crippen LogP) is 7.59. The molecule has 2 rings (SSSR count). The van der Waals surface area contributed by atoms with E-state index in [1.165, 1.54) is 81.6 Å². The summed E-state index contributed by atoms with van der Waals surface area (Å²) in [6.45, 7) is 4.88. The number of nitrogen functional groups attached to an aromatic ring is 1. The van der Waals surface area contributed by atoms with E-state index < -0.39 is 19.6 Å². The van der Waals surface area contributed by atoms with Gasteiger partial charge in [0.2, 0.25) is 0 Å². The first-order valence-corrected chi connectivity index (χ1v) is 17.8. The molecule has 0 aliphatic carbocycles. The van der Waals surface area contributed by atoms with Crippen LogP contribution in [0, 0.1) is 0 Å². The van der Waals surface area contributed by atoms with E-state index in [4.69, 9.17) is 25.0 Å². The summed E-state index contributed by atoms with van der Waals surface area (Å²) in [5.74, 6) is 0.138. The lowest BCUT2D eigenvalue weighted by atomic mass is 9.99.